The first kappa shape index (κ1) is 12.2. The van der Waals surface area contributed by atoms with Gasteiger partial charge in [-0.2, -0.15) is 0 Å². The topological polar surface area (TPSA) is 50.1 Å². The maximum atomic E-state index is 5.54. The van der Waals surface area contributed by atoms with Gasteiger partial charge in [-0.3, -0.25) is 10.9 Å². The van der Waals surface area contributed by atoms with E-state index in [9.17, 15) is 0 Å². The smallest absolute Gasteiger partial charge is 0.0351 e. The maximum Gasteiger partial charge on any atom is 0.0351 e. The fourth-order valence-corrected chi connectivity index (χ4v) is 1.35. The number of hydrogen-bond donors (Lipinski definition) is 3. The summed E-state index contributed by atoms with van der Waals surface area (Å²) in [7, 11) is 0. The van der Waals surface area contributed by atoms with Crippen molar-refractivity contribution in [2.45, 2.75) is 39.3 Å². The van der Waals surface area contributed by atoms with E-state index in [2.05, 4.69) is 31.6 Å². The Morgan fingerprint density at radius 3 is 2.17 bits per heavy atom. The molecule has 0 aromatic rings. The maximum absolute atomic E-state index is 5.54. The summed E-state index contributed by atoms with van der Waals surface area (Å²) < 4.78 is 0. The fraction of sp³-hybridized carbons (Fsp3) is 1.00. The molecule has 1 rings (SSSR count). The van der Waals surface area contributed by atoms with Crippen LogP contribution in [0.3, 0.4) is 0 Å². The van der Waals surface area contributed by atoms with Crippen LogP contribution in [0.5, 0.6) is 0 Å². The average molecular weight is 194 g/mol. The molecule has 4 heteroatoms. The van der Waals surface area contributed by atoms with Gasteiger partial charge in [0.2, 0.25) is 0 Å². The first-order chi connectivity index (χ1) is 5.04. The van der Waals surface area contributed by atoms with E-state index in [-0.39, 0.29) is 12.4 Å². The van der Waals surface area contributed by atoms with Crippen molar-refractivity contribution in [2.75, 3.05) is 6.54 Å². The van der Waals surface area contributed by atoms with Crippen LogP contribution in [0, 0.1) is 5.41 Å². The fourth-order valence-electron chi connectivity index (χ4n) is 1.35. The molecule has 4 N–H and O–H groups in total. The Labute approximate surface area is 80.9 Å². The van der Waals surface area contributed by atoms with Crippen LogP contribution in [0.2, 0.25) is 0 Å². The minimum atomic E-state index is 0. The van der Waals surface area contributed by atoms with E-state index in [4.69, 9.17) is 5.73 Å². The Kier molecular flexibility index (Phi) is 4.48. The highest BCUT2D eigenvalue weighted by Gasteiger charge is 2.31. The average Bonchev–Trinajstić information content (AvgIpc) is 2.32. The molecule has 0 radical (unpaired) electrons. The van der Waals surface area contributed by atoms with Crippen molar-refractivity contribution in [2.24, 2.45) is 11.1 Å². The lowest BCUT2D eigenvalue weighted by molar-refractivity contribution is 0.286. The van der Waals surface area contributed by atoms with Crippen LogP contribution >= 0.6 is 12.4 Å². The molecule has 3 nitrogen and oxygen atoms in total. The zero-order chi connectivity index (χ0) is 8.48. The number of halogens is 1. The van der Waals surface area contributed by atoms with Crippen LogP contribution in [0.4, 0.5) is 0 Å². The molecule has 0 aromatic heterocycles. The summed E-state index contributed by atoms with van der Waals surface area (Å²) in [5.41, 5.74) is 12.3. The normalized spacial score (nSPS) is 30.0. The number of rotatable bonds is 1. The van der Waals surface area contributed by atoms with E-state index in [0.29, 0.717) is 17.5 Å². The summed E-state index contributed by atoms with van der Waals surface area (Å²) in [6.07, 6.45) is 1.14. The molecular formula is C8H20ClN3. The van der Waals surface area contributed by atoms with E-state index >= 15 is 0 Å². The lowest BCUT2D eigenvalue weighted by Crippen LogP contribution is -2.40. The van der Waals surface area contributed by atoms with E-state index in [1.165, 1.54) is 0 Å². The Bertz CT molecular complexity index is 133. The predicted octanol–water partition coefficient (Wildman–Crippen LogP) is 0.648. The van der Waals surface area contributed by atoms with Crippen LogP contribution in [0.25, 0.3) is 0 Å². The minimum absolute atomic E-state index is 0. The number of hydrazine groups is 1. The number of nitrogens with two attached hydrogens (primary N) is 1. The molecule has 0 aromatic carbocycles. The van der Waals surface area contributed by atoms with E-state index in [1.807, 2.05) is 0 Å². The molecule has 1 fully saturated rings. The summed E-state index contributed by atoms with van der Waals surface area (Å²) in [4.78, 5) is 0. The van der Waals surface area contributed by atoms with Crippen molar-refractivity contribution in [3.63, 3.8) is 0 Å². The molecule has 0 aliphatic carbocycles. The Hall–Kier alpha value is 0.170. The summed E-state index contributed by atoms with van der Waals surface area (Å²) >= 11 is 0. The second kappa shape index (κ2) is 4.42. The van der Waals surface area contributed by atoms with Crippen LogP contribution in [-0.4, -0.2) is 18.6 Å². The third kappa shape index (κ3) is 2.90. The van der Waals surface area contributed by atoms with Crippen LogP contribution in [0.15, 0.2) is 0 Å². The highest BCUT2D eigenvalue weighted by Crippen LogP contribution is 2.24. The monoisotopic (exact) mass is 193 g/mol. The Balaban J connectivity index is 0.00000121. The van der Waals surface area contributed by atoms with Gasteiger partial charge in [0, 0.05) is 18.6 Å². The van der Waals surface area contributed by atoms with Gasteiger partial charge in [0.25, 0.3) is 0 Å². The van der Waals surface area contributed by atoms with E-state index < -0.39 is 0 Å². The molecule has 0 bridgehead atoms. The second-order valence-corrected chi connectivity index (χ2v) is 4.38. The van der Waals surface area contributed by atoms with Crippen LogP contribution in [-0.2, 0) is 0 Å². The predicted molar refractivity (Wildman–Crippen MR) is 54.2 cm³/mol. The molecule has 1 aliphatic heterocycles. The van der Waals surface area contributed by atoms with Gasteiger partial charge in [-0.15, -0.1) is 12.4 Å². The SMILES string of the molecule is CC(C)(C)C1CC(CN)NN1.Cl. The van der Waals surface area contributed by atoms with Crippen molar-refractivity contribution in [3.8, 4) is 0 Å². The van der Waals surface area contributed by atoms with Gasteiger partial charge in [-0.25, -0.2) is 0 Å². The zero-order valence-corrected chi connectivity index (χ0v) is 8.87. The molecule has 0 amide bonds. The molecule has 12 heavy (non-hydrogen) atoms. The van der Waals surface area contributed by atoms with Gasteiger partial charge < -0.3 is 5.73 Å². The van der Waals surface area contributed by atoms with Crippen molar-refractivity contribution < 1.29 is 0 Å². The standard InChI is InChI=1S/C8H19N3.ClH/c1-8(2,3)7-4-6(5-9)10-11-7;/h6-7,10-11H,4-5,9H2,1-3H3;1H. The molecule has 0 saturated carbocycles. The third-order valence-electron chi connectivity index (χ3n) is 2.31. The Morgan fingerprint density at radius 2 is 1.92 bits per heavy atom. The molecule has 2 unspecified atom stereocenters. The molecular weight excluding hydrogens is 174 g/mol. The first-order valence-corrected chi connectivity index (χ1v) is 4.25. The van der Waals surface area contributed by atoms with Crippen molar-refractivity contribution in [1.82, 2.24) is 10.9 Å². The highest BCUT2D eigenvalue weighted by molar-refractivity contribution is 5.85. The van der Waals surface area contributed by atoms with Gasteiger partial charge in [0.15, 0.2) is 0 Å². The van der Waals surface area contributed by atoms with Crippen molar-refractivity contribution >= 4 is 12.4 Å². The van der Waals surface area contributed by atoms with E-state index in [0.717, 1.165) is 13.0 Å². The van der Waals surface area contributed by atoms with Crippen molar-refractivity contribution in [3.05, 3.63) is 0 Å². The van der Waals surface area contributed by atoms with Gasteiger partial charge in [-0.05, 0) is 11.8 Å². The number of nitrogens with one attached hydrogen (secondary N) is 2. The summed E-state index contributed by atoms with van der Waals surface area (Å²) in [5.74, 6) is 0. The van der Waals surface area contributed by atoms with Gasteiger partial charge in [0.05, 0.1) is 0 Å². The van der Waals surface area contributed by atoms with Crippen molar-refractivity contribution in [1.29, 1.82) is 0 Å². The van der Waals surface area contributed by atoms with Crippen LogP contribution < -0.4 is 16.6 Å². The molecule has 74 valence electrons. The quantitative estimate of drug-likeness (QED) is 0.573. The molecule has 0 spiro atoms. The van der Waals surface area contributed by atoms with Gasteiger partial charge in [0.1, 0.15) is 0 Å². The van der Waals surface area contributed by atoms with Crippen LogP contribution in [0.1, 0.15) is 27.2 Å². The molecule has 1 heterocycles. The summed E-state index contributed by atoms with van der Waals surface area (Å²) in [6.45, 7) is 7.45. The number of hydrogen-bond acceptors (Lipinski definition) is 3. The summed E-state index contributed by atoms with van der Waals surface area (Å²) in [5, 5.41) is 0. The first-order valence-electron chi connectivity index (χ1n) is 4.25. The van der Waals surface area contributed by atoms with Gasteiger partial charge in [-0.1, -0.05) is 20.8 Å². The third-order valence-corrected chi connectivity index (χ3v) is 2.31. The molecule has 1 aliphatic rings. The lowest BCUT2D eigenvalue weighted by atomic mass is 9.85. The zero-order valence-electron chi connectivity index (χ0n) is 8.05. The molecule has 1 saturated heterocycles. The van der Waals surface area contributed by atoms with E-state index in [1.54, 1.807) is 0 Å². The highest BCUT2D eigenvalue weighted by atomic mass is 35.5. The minimum Gasteiger partial charge on any atom is -0.329 e. The Morgan fingerprint density at radius 1 is 1.33 bits per heavy atom. The lowest BCUT2D eigenvalue weighted by Gasteiger charge is -2.25. The molecule has 2 atom stereocenters. The summed E-state index contributed by atoms with van der Waals surface area (Å²) in [6, 6.07) is 1.01. The van der Waals surface area contributed by atoms with Gasteiger partial charge >= 0.3 is 0 Å². The second-order valence-electron chi connectivity index (χ2n) is 4.38. The largest absolute Gasteiger partial charge is 0.329 e.